The Morgan fingerprint density at radius 2 is 2.15 bits per heavy atom. The molecule has 0 amide bonds. The lowest BCUT2D eigenvalue weighted by atomic mass is 10.1. The zero-order chi connectivity index (χ0) is 18.3. The molecular weight excluding hydrogens is 335 g/mol. The van der Waals surface area contributed by atoms with Gasteiger partial charge in [0.2, 0.25) is 0 Å². The molecule has 1 saturated heterocycles. The van der Waals surface area contributed by atoms with Crippen molar-refractivity contribution < 1.29 is 9.50 Å². The van der Waals surface area contributed by atoms with Crippen molar-refractivity contribution in [3.63, 3.8) is 0 Å². The maximum atomic E-state index is 14.2. The number of nitrogens with zero attached hydrogens (tertiary/aromatic N) is 4. The normalized spacial score (nSPS) is 17.8. The van der Waals surface area contributed by atoms with Gasteiger partial charge >= 0.3 is 0 Å². The Morgan fingerprint density at radius 1 is 1.31 bits per heavy atom. The number of rotatable bonds is 4. The van der Waals surface area contributed by atoms with Gasteiger partial charge in [0.25, 0.3) is 0 Å². The zero-order valence-electron chi connectivity index (χ0n) is 14.7. The highest BCUT2D eigenvalue weighted by Crippen LogP contribution is 2.25. The number of pyridine rings is 1. The highest BCUT2D eigenvalue weighted by Gasteiger charge is 2.21. The molecule has 3 aromatic rings. The molecule has 0 unspecified atom stereocenters. The highest BCUT2D eigenvalue weighted by atomic mass is 19.1. The first-order chi connectivity index (χ1) is 12.4. The first-order valence-corrected chi connectivity index (χ1v) is 8.62. The van der Waals surface area contributed by atoms with E-state index in [0.717, 1.165) is 19.5 Å². The summed E-state index contributed by atoms with van der Waals surface area (Å²) >= 11 is 0. The number of hydrogen-bond donors (Lipinski definition) is 3. The van der Waals surface area contributed by atoms with Crippen molar-refractivity contribution in [2.24, 2.45) is 0 Å². The molecule has 136 valence electrons. The molecular formula is C18H21FN6O. The molecule has 8 heteroatoms. The lowest BCUT2D eigenvalue weighted by Gasteiger charge is -2.17. The predicted octanol–water partition coefficient (Wildman–Crippen LogP) is 1.93. The summed E-state index contributed by atoms with van der Waals surface area (Å²) < 4.78 is 16.0. The Hall–Kier alpha value is -2.58. The summed E-state index contributed by atoms with van der Waals surface area (Å²) in [5, 5.41) is 16.6. The molecule has 0 saturated carbocycles. The van der Waals surface area contributed by atoms with Gasteiger partial charge in [-0.15, -0.1) is 0 Å². The molecule has 3 N–H and O–H groups in total. The van der Waals surface area contributed by atoms with Crippen LogP contribution in [0.3, 0.4) is 0 Å². The van der Waals surface area contributed by atoms with E-state index in [4.69, 9.17) is 0 Å². The first-order valence-electron chi connectivity index (χ1n) is 8.62. The fourth-order valence-electron chi connectivity index (χ4n) is 3.05. The van der Waals surface area contributed by atoms with Gasteiger partial charge in [0, 0.05) is 18.8 Å². The van der Waals surface area contributed by atoms with E-state index in [2.05, 4.69) is 25.6 Å². The third-order valence-electron chi connectivity index (χ3n) is 4.53. The van der Waals surface area contributed by atoms with Crippen LogP contribution in [0.4, 0.5) is 10.2 Å². The molecule has 1 aliphatic rings. The van der Waals surface area contributed by atoms with E-state index >= 15 is 0 Å². The quantitative estimate of drug-likeness (QED) is 0.662. The van der Waals surface area contributed by atoms with Crippen molar-refractivity contribution in [3.8, 4) is 11.4 Å². The van der Waals surface area contributed by atoms with E-state index in [1.54, 1.807) is 42.9 Å². The first kappa shape index (κ1) is 16.9. The zero-order valence-corrected chi connectivity index (χ0v) is 14.7. The molecule has 0 spiro atoms. The molecule has 1 atom stereocenters. The van der Waals surface area contributed by atoms with E-state index in [1.807, 2.05) is 0 Å². The van der Waals surface area contributed by atoms with Crippen LogP contribution < -0.4 is 10.6 Å². The molecule has 26 heavy (non-hydrogen) atoms. The van der Waals surface area contributed by atoms with Gasteiger partial charge in [0.15, 0.2) is 17.3 Å². The van der Waals surface area contributed by atoms with E-state index in [0.29, 0.717) is 22.7 Å². The molecule has 1 fully saturated rings. The summed E-state index contributed by atoms with van der Waals surface area (Å²) in [6.45, 7) is 5.05. The molecule has 0 aromatic carbocycles. The van der Waals surface area contributed by atoms with Crippen LogP contribution in [0.15, 0.2) is 30.7 Å². The fraction of sp³-hybridized carbons (Fsp3) is 0.389. The summed E-state index contributed by atoms with van der Waals surface area (Å²) in [6.07, 6.45) is 5.94. The molecule has 4 rings (SSSR count). The van der Waals surface area contributed by atoms with Crippen LogP contribution in [-0.2, 0) is 5.60 Å². The summed E-state index contributed by atoms with van der Waals surface area (Å²) in [4.78, 5) is 13.0. The number of fused-ring (bicyclic) bond motifs is 1. The number of aliphatic hydroxyl groups is 1. The van der Waals surface area contributed by atoms with Crippen molar-refractivity contribution in [1.82, 2.24) is 24.7 Å². The standard InChI is InChI=1S/C18H21FN6O/c1-18(2,26)15-10-25-14(8-22-16(25)9-21-15)13-4-3-12(19)17(24-13)23-11-5-6-20-7-11/h3-4,8-11,20,26H,5-7H2,1-2H3,(H,23,24)/t11-/m1/s1. The summed E-state index contributed by atoms with van der Waals surface area (Å²) in [5.41, 5.74) is 1.38. The smallest absolute Gasteiger partial charge is 0.165 e. The third-order valence-corrected chi connectivity index (χ3v) is 4.53. The van der Waals surface area contributed by atoms with E-state index < -0.39 is 5.60 Å². The van der Waals surface area contributed by atoms with Crippen LogP contribution in [0.1, 0.15) is 26.0 Å². The number of aromatic nitrogens is 4. The average Bonchev–Trinajstić information content (AvgIpc) is 3.25. The van der Waals surface area contributed by atoms with Gasteiger partial charge in [-0.1, -0.05) is 0 Å². The Bertz CT molecular complexity index is 942. The van der Waals surface area contributed by atoms with Crippen LogP contribution >= 0.6 is 0 Å². The minimum absolute atomic E-state index is 0.167. The molecule has 0 aliphatic carbocycles. The monoisotopic (exact) mass is 356 g/mol. The van der Waals surface area contributed by atoms with Crippen molar-refractivity contribution in [2.45, 2.75) is 31.9 Å². The maximum Gasteiger partial charge on any atom is 0.165 e. The molecule has 0 bridgehead atoms. The second kappa shape index (κ2) is 6.30. The Morgan fingerprint density at radius 3 is 2.88 bits per heavy atom. The number of anilines is 1. The van der Waals surface area contributed by atoms with Crippen LogP contribution in [0, 0.1) is 5.82 Å². The maximum absolute atomic E-state index is 14.2. The van der Waals surface area contributed by atoms with Crippen molar-refractivity contribution >= 4 is 11.5 Å². The minimum Gasteiger partial charge on any atom is -0.384 e. The number of imidazole rings is 1. The van der Waals surface area contributed by atoms with Gasteiger partial charge in [0.1, 0.15) is 5.60 Å². The second-order valence-electron chi connectivity index (χ2n) is 7.06. The van der Waals surface area contributed by atoms with Crippen molar-refractivity contribution in [3.05, 3.63) is 42.2 Å². The van der Waals surface area contributed by atoms with Gasteiger partial charge in [-0.05, 0) is 38.9 Å². The summed E-state index contributed by atoms with van der Waals surface area (Å²) in [5.74, 6) is -0.142. The number of nitrogens with one attached hydrogen (secondary N) is 2. The van der Waals surface area contributed by atoms with Gasteiger partial charge in [0.05, 0.1) is 29.5 Å². The fourth-order valence-corrected chi connectivity index (χ4v) is 3.05. The van der Waals surface area contributed by atoms with E-state index in [9.17, 15) is 9.50 Å². The number of hydrogen-bond acceptors (Lipinski definition) is 6. The molecule has 1 aliphatic heterocycles. The van der Waals surface area contributed by atoms with Crippen molar-refractivity contribution in [2.75, 3.05) is 18.4 Å². The average molecular weight is 356 g/mol. The minimum atomic E-state index is -1.08. The molecule has 7 nitrogen and oxygen atoms in total. The topological polar surface area (TPSA) is 87.4 Å². The summed E-state index contributed by atoms with van der Waals surface area (Å²) in [6, 6.07) is 3.20. The molecule has 0 radical (unpaired) electrons. The molecule has 3 aromatic heterocycles. The van der Waals surface area contributed by atoms with Crippen LogP contribution in [0.2, 0.25) is 0 Å². The van der Waals surface area contributed by atoms with Gasteiger partial charge < -0.3 is 15.7 Å². The van der Waals surface area contributed by atoms with Crippen molar-refractivity contribution in [1.29, 1.82) is 0 Å². The van der Waals surface area contributed by atoms with Crippen LogP contribution in [-0.4, -0.2) is 43.6 Å². The van der Waals surface area contributed by atoms with E-state index in [1.165, 1.54) is 6.07 Å². The SMILES string of the molecule is CC(C)(O)c1cn2c(-c3ccc(F)c(N[C@@H]4CCNC4)n3)cnc2cn1. The second-order valence-corrected chi connectivity index (χ2v) is 7.06. The Balaban J connectivity index is 1.75. The van der Waals surface area contributed by atoms with E-state index in [-0.39, 0.29) is 17.7 Å². The Labute approximate surface area is 150 Å². The highest BCUT2D eigenvalue weighted by molar-refractivity contribution is 5.62. The number of halogens is 1. The Kier molecular flexibility index (Phi) is 4.08. The lowest BCUT2D eigenvalue weighted by molar-refractivity contribution is 0.0734. The lowest BCUT2D eigenvalue weighted by Crippen LogP contribution is -2.23. The van der Waals surface area contributed by atoms with Crippen LogP contribution in [0.5, 0.6) is 0 Å². The largest absolute Gasteiger partial charge is 0.384 e. The molecule has 4 heterocycles. The third kappa shape index (κ3) is 3.13. The van der Waals surface area contributed by atoms with Gasteiger partial charge in [-0.25, -0.2) is 14.4 Å². The predicted molar refractivity (Wildman–Crippen MR) is 96.3 cm³/mol. The summed E-state index contributed by atoms with van der Waals surface area (Å²) in [7, 11) is 0. The van der Waals surface area contributed by atoms with Crippen LogP contribution in [0.25, 0.3) is 17.0 Å². The van der Waals surface area contributed by atoms with Gasteiger partial charge in [-0.3, -0.25) is 9.38 Å². The van der Waals surface area contributed by atoms with Gasteiger partial charge in [-0.2, -0.15) is 0 Å².